The van der Waals surface area contributed by atoms with Crippen LogP contribution in [0.1, 0.15) is 40.6 Å². The maximum absolute atomic E-state index is 13.1. The van der Waals surface area contributed by atoms with E-state index in [1.54, 1.807) is 48.5 Å². The Morgan fingerprint density at radius 3 is 2.20 bits per heavy atom. The normalized spacial score (nSPS) is 20.0. The first kappa shape index (κ1) is 29.9. The van der Waals surface area contributed by atoms with Gasteiger partial charge in [0.15, 0.2) is 6.29 Å². The zero-order valence-corrected chi connectivity index (χ0v) is 25.7. The van der Waals surface area contributed by atoms with Crippen molar-refractivity contribution in [1.29, 1.82) is 0 Å². The second kappa shape index (κ2) is 12.9. The highest BCUT2D eigenvalue weighted by atomic mass is 32.2. The van der Waals surface area contributed by atoms with E-state index in [4.69, 9.17) is 9.47 Å². The summed E-state index contributed by atoms with van der Waals surface area (Å²) in [4.78, 5) is 4.79. The first-order chi connectivity index (χ1) is 22.5. The van der Waals surface area contributed by atoms with Crippen LogP contribution in [0.3, 0.4) is 0 Å². The average Bonchev–Trinajstić information content (AvgIpc) is 3.51. The van der Waals surface area contributed by atoms with Gasteiger partial charge in [0.1, 0.15) is 0 Å². The third-order valence-corrected chi connectivity index (χ3v) is 9.74. The first-order valence-electron chi connectivity index (χ1n) is 15.1. The summed E-state index contributed by atoms with van der Waals surface area (Å²) in [6, 6.07) is 41.4. The highest BCUT2D eigenvalue weighted by molar-refractivity contribution is 7.92. The molecule has 6 aromatic rings. The van der Waals surface area contributed by atoms with Crippen LogP contribution in [-0.4, -0.2) is 29.2 Å². The van der Waals surface area contributed by atoms with Gasteiger partial charge < -0.3 is 19.1 Å². The van der Waals surface area contributed by atoms with E-state index >= 15 is 0 Å². The van der Waals surface area contributed by atoms with Gasteiger partial charge in [-0.15, -0.1) is 0 Å². The van der Waals surface area contributed by atoms with Gasteiger partial charge in [0, 0.05) is 17.2 Å². The molecule has 1 aliphatic heterocycles. The fraction of sp³-hybridized carbons (Fsp3) is 0.162. The molecule has 0 aliphatic carbocycles. The van der Waals surface area contributed by atoms with Crippen molar-refractivity contribution in [3.05, 3.63) is 162 Å². The molecule has 0 radical (unpaired) electrons. The zero-order chi connectivity index (χ0) is 31.5. The van der Waals surface area contributed by atoms with Gasteiger partial charge in [0.2, 0.25) is 0 Å². The number of fused-ring (bicyclic) bond motifs is 1. The number of hydrogen-bond donors (Lipinski definition) is 2. The van der Waals surface area contributed by atoms with Gasteiger partial charge in [-0.3, -0.25) is 4.72 Å². The molecule has 0 bridgehead atoms. The topological polar surface area (TPSA) is 103 Å². The third kappa shape index (κ3) is 6.18. The highest BCUT2D eigenvalue weighted by Gasteiger charge is 2.42. The molecular formula is C37H33N3O5S. The van der Waals surface area contributed by atoms with E-state index < -0.39 is 22.4 Å². The van der Waals surface area contributed by atoms with Crippen molar-refractivity contribution in [2.75, 3.05) is 4.72 Å². The summed E-state index contributed by atoms with van der Waals surface area (Å²) < 4.78 is 44.7. The Labute approximate surface area is 267 Å². The standard InChI is InChI=1S/C37H33N3O5S/c41-24-26-18-20-28(21-19-26)36-35(27-10-3-1-4-11-27)34(23-40-25-38-32-16-7-8-17-33(32)40)44-37(45-36)29-12-9-13-30(22-29)39-46(42,43)31-14-5-2-6-15-31/h1-22,25,34-37,39,41H,23-24H2. The molecule has 2 heterocycles. The van der Waals surface area contributed by atoms with E-state index in [0.29, 0.717) is 17.8 Å². The number of aromatic nitrogens is 2. The van der Waals surface area contributed by atoms with Crippen LogP contribution in [0.5, 0.6) is 0 Å². The Morgan fingerprint density at radius 2 is 1.43 bits per heavy atom. The predicted octanol–water partition coefficient (Wildman–Crippen LogP) is 6.97. The van der Waals surface area contributed by atoms with Crippen molar-refractivity contribution < 1.29 is 23.0 Å². The van der Waals surface area contributed by atoms with E-state index in [0.717, 1.165) is 27.7 Å². The largest absolute Gasteiger partial charge is 0.392 e. The number of nitrogens with zero attached hydrogens (tertiary/aromatic N) is 2. The molecule has 1 aromatic heterocycles. The fourth-order valence-corrected chi connectivity index (χ4v) is 7.15. The number of aliphatic hydroxyl groups is 1. The minimum atomic E-state index is -3.79. The van der Waals surface area contributed by atoms with Gasteiger partial charge in [-0.2, -0.15) is 0 Å². The summed E-state index contributed by atoms with van der Waals surface area (Å²) >= 11 is 0. The second-order valence-electron chi connectivity index (χ2n) is 11.3. The number of nitrogens with one attached hydrogen (secondary N) is 1. The molecule has 4 atom stereocenters. The second-order valence-corrected chi connectivity index (χ2v) is 13.0. The summed E-state index contributed by atoms with van der Waals surface area (Å²) in [5.41, 5.74) is 5.80. The van der Waals surface area contributed by atoms with Crippen molar-refractivity contribution in [2.45, 2.75) is 42.5 Å². The first-order valence-corrected chi connectivity index (χ1v) is 16.6. The van der Waals surface area contributed by atoms with E-state index in [1.165, 1.54) is 0 Å². The van der Waals surface area contributed by atoms with Gasteiger partial charge in [-0.25, -0.2) is 13.4 Å². The van der Waals surface area contributed by atoms with Crippen LogP contribution in [0.25, 0.3) is 11.0 Å². The van der Waals surface area contributed by atoms with E-state index in [1.807, 2.05) is 79.1 Å². The molecule has 0 amide bonds. The molecule has 5 aromatic carbocycles. The lowest BCUT2D eigenvalue weighted by molar-refractivity contribution is -0.263. The maximum Gasteiger partial charge on any atom is 0.261 e. The lowest BCUT2D eigenvalue weighted by Crippen LogP contribution is -2.39. The number of hydrogen-bond acceptors (Lipinski definition) is 6. The summed E-state index contributed by atoms with van der Waals surface area (Å²) in [6.07, 6.45) is 0.262. The number of para-hydroxylation sites is 2. The van der Waals surface area contributed by atoms with Gasteiger partial charge in [0.25, 0.3) is 10.0 Å². The van der Waals surface area contributed by atoms with E-state index in [-0.39, 0.29) is 23.5 Å². The average molecular weight is 632 g/mol. The Bertz CT molecular complexity index is 2030. The summed E-state index contributed by atoms with van der Waals surface area (Å²) in [5, 5.41) is 9.70. The van der Waals surface area contributed by atoms with Crippen LogP contribution < -0.4 is 4.72 Å². The minimum Gasteiger partial charge on any atom is -0.392 e. The lowest BCUT2D eigenvalue weighted by Gasteiger charge is -2.43. The Kier molecular flexibility index (Phi) is 8.38. The van der Waals surface area contributed by atoms with Crippen molar-refractivity contribution in [1.82, 2.24) is 9.55 Å². The molecule has 9 heteroatoms. The van der Waals surface area contributed by atoms with Crippen LogP contribution in [0, 0.1) is 0 Å². The van der Waals surface area contributed by atoms with Gasteiger partial charge in [0.05, 0.1) is 47.6 Å². The molecule has 1 saturated heterocycles. The Hall–Kier alpha value is -4.80. The molecular weight excluding hydrogens is 598 g/mol. The molecule has 0 spiro atoms. The van der Waals surface area contributed by atoms with Crippen molar-refractivity contribution in [2.24, 2.45) is 0 Å². The van der Waals surface area contributed by atoms with E-state index in [2.05, 4.69) is 26.4 Å². The number of rotatable bonds is 9. The molecule has 1 aliphatic rings. The number of anilines is 1. The molecule has 8 nitrogen and oxygen atoms in total. The molecule has 2 N–H and O–H groups in total. The van der Waals surface area contributed by atoms with E-state index in [9.17, 15) is 13.5 Å². The summed E-state index contributed by atoms with van der Waals surface area (Å²) in [7, 11) is -3.79. The van der Waals surface area contributed by atoms with Gasteiger partial charge >= 0.3 is 0 Å². The zero-order valence-electron chi connectivity index (χ0n) is 24.9. The molecule has 232 valence electrons. The smallest absolute Gasteiger partial charge is 0.261 e. The number of benzene rings is 5. The molecule has 4 unspecified atom stereocenters. The maximum atomic E-state index is 13.1. The fourth-order valence-electron chi connectivity index (χ4n) is 6.08. The Morgan fingerprint density at radius 1 is 0.739 bits per heavy atom. The van der Waals surface area contributed by atoms with Crippen molar-refractivity contribution in [3.63, 3.8) is 0 Å². The van der Waals surface area contributed by atoms with Gasteiger partial charge in [-0.05, 0) is 53.1 Å². The van der Waals surface area contributed by atoms with Crippen molar-refractivity contribution in [3.8, 4) is 0 Å². The van der Waals surface area contributed by atoms with Crippen LogP contribution in [0.15, 0.2) is 145 Å². The number of imidazole rings is 1. The molecule has 0 saturated carbocycles. The number of aliphatic hydroxyl groups excluding tert-OH is 1. The van der Waals surface area contributed by atoms with Crippen LogP contribution >= 0.6 is 0 Å². The highest BCUT2D eigenvalue weighted by Crippen LogP contribution is 2.47. The molecule has 7 rings (SSSR count). The van der Waals surface area contributed by atoms with Crippen LogP contribution in [0.2, 0.25) is 0 Å². The monoisotopic (exact) mass is 631 g/mol. The Balaban J connectivity index is 1.28. The quantitative estimate of drug-likeness (QED) is 0.179. The predicted molar refractivity (Wildman–Crippen MR) is 176 cm³/mol. The summed E-state index contributed by atoms with van der Waals surface area (Å²) in [6.45, 7) is 0.452. The lowest BCUT2D eigenvalue weighted by atomic mass is 9.83. The minimum absolute atomic E-state index is 0.0539. The van der Waals surface area contributed by atoms with Crippen LogP contribution in [0.4, 0.5) is 5.69 Å². The van der Waals surface area contributed by atoms with Crippen molar-refractivity contribution >= 4 is 26.7 Å². The molecule has 1 fully saturated rings. The number of sulfonamides is 1. The summed E-state index contributed by atoms with van der Waals surface area (Å²) in [5.74, 6) is -0.196. The van der Waals surface area contributed by atoms with Crippen LogP contribution in [-0.2, 0) is 32.6 Å². The third-order valence-electron chi connectivity index (χ3n) is 8.34. The number of ether oxygens (including phenoxy) is 2. The molecule has 46 heavy (non-hydrogen) atoms. The SMILES string of the molecule is O=S(=O)(Nc1cccc(C2OC(Cn3cnc4ccccc43)C(c3ccccc3)C(c3ccc(CO)cc3)O2)c1)c1ccccc1. The van der Waals surface area contributed by atoms with Gasteiger partial charge in [-0.1, -0.05) is 97.1 Å².